The lowest BCUT2D eigenvalue weighted by Gasteiger charge is -2.16. The van der Waals surface area contributed by atoms with Crippen molar-refractivity contribution in [3.8, 4) is 0 Å². The van der Waals surface area contributed by atoms with E-state index < -0.39 is 0 Å². The van der Waals surface area contributed by atoms with Gasteiger partial charge in [0.05, 0.1) is 17.4 Å². The van der Waals surface area contributed by atoms with Gasteiger partial charge in [0.15, 0.2) is 0 Å². The molecule has 0 aliphatic heterocycles. The molecule has 22 heavy (non-hydrogen) atoms. The van der Waals surface area contributed by atoms with Crippen LogP contribution in [0.15, 0.2) is 53.3 Å². The maximum Gasteiger partial charge on any atom is 0.261 e. The van der Waals surface area contributed by atoms with Crippen molar-refractivity contribution in [3.63, 3.8) is 0 Å². The van der Waals surface area contributed by atoms with Gasteiger partial charge < -0.3 is 0 Å². The summed E-state index contributed by atoms with van der Waals surface area (Å²) in [5.74, 6) is 1.04. The van der Waals surface area contributed by atoms with Gasteiger partial charge in [-0.15, -0.1) is 0 Å². The summed E-state index contributed by atoms with van der Waals surface area (Å²) in [6.07, 6.45) is 0. The number of benzene rings is 2. The highest BCUT2D eigenvalue weighted by Gasteiger charge is 2.14. The third-order valence-corrected chi connectivity index (χ3v) is 3.92. The molecule has 3 aromatic rings. The van der Waals surface area contributed by atoms with Gasteiger partial charge in [0.1, 0.15) is 5.82 Å². The van der Waals surface area contributed by atoms with E-state index in [1.54, 1.807) is 0 Å². The Hall–Kier alpha value is -2.42. The van der Waals surface area contributed by atoms with Crippen LogP contribution in [0.4, 0.5) is 0 Å². The topological polar surface area (TPSA) is 34.9 Å². The molecule has 0 bridgehead atoms. The molecule has 3 rings (SSSR count). The van der Waals surface area contributed by atoms with Gasteiger partial charge in [0.2, 0.25) is 0 Å². The molecular weight excluding hydrogens is 272 g/mol. The normalized spacial score (nSPS) is 11.3. The maximum atomic E-state index is 12.9. The molecule has 0 amide bonds. The molecule has 3 nitrogen and oxygen atoms in total. The van der Waals surface area contributed by atoms with Crippen molar-refractivity contribution in [2.24, 2.45) is 0 Å². The standard InChI is InChI=1S/C19H20N2O/c1-13(2)18-20-17-14(3)8-7-11-16(17)19(22)21(18)12-15-9-5-4-6-10-15/h4-11,13H,12H2,1-3H3. The highest BCUT2D eigenvalue weighted by Crippen LogP contribution is 2.18. The summed E-state index contributed by atoms with van der Waals surface area (Å²) in [6, 6.07) is 15.8. The van der Waals surface area contributed by atoms with Crippen molar-refractivity contribution in [2.45, 2.75) is 33.2 Å². The number of fused-ring (bicyclic) bond motifs is 1. The molecule has 3 heteroatoms. The number of aryl methyl sites for hydroxylation is 1. The zero-order chi connectivity index (χ0) is 15.7. The van der Waals surface area contributed by atoms with Crippen LogP contribution in [-0.2, 0) is 6.54 Å². The van der Waals surface area contributed by atoms with Gasteiger partial charge in [-0.1, -0.05) is 56.3 Å². The number of hydrogen-bond acceptors (Lipinski definition) is 2. The zero-order valence-electron chi connectivity index (χ0n) is 13.2. The van der Waals surface area contributed by atoms with Gasteiger partial charge >= 0.3 is 0 Å². The second kappa shape index (κ2) is 5.76. The Balaban J connectivity index is 2.26. The molecule has 0 aliphatic rings. The molecule has 0 radical (unpaired) electrons. The summed E-state index contributed by atoms with van der Waals surface area (Å²) in [5, 5.41) is 0.695. The van der Waals surface area contributed by atoms with E-state index in [1.807, 2.05) is 60.0 Å². The van der Waals surface area contributed by atoms with Crippen LogP contribution in [0.25, 0.3) is 10.9 Å². The van der Waals surface area contributed by atoms with Crippen LogP contribution in [0.1, 0.15) is 36.7 Å². The molecule has 0 saturated carbocycles. The van der Waals surface area contributed by atoms with Crippen LogP contribution < -0.4 is 5.56 Å². The van der Waals surface area contributed by atoms with Crippen LogP contribution >= 0.6 is 0 Å². The Kier molecular flexibility index (Phi) is 3.80. The highest BCUT2D eigenvalue weighted by atomic mass is 16.1. The zero-order valence-corrected chi connectivity index (χ0v) is 13.2. The lowest BCUT2D eigenvalue weighted by Crippen LogP contribution is -2.26. The van der Waals surface area contributed by atoms with Gasteiger partial charge in [0.25, 0.3) is 5.56 Å². The molecule has 0 atom stereocenters. The Labute approximate surface area is 130 Å². The molecule has 2 aromatic carbocycles. The molecule has 0 spiro atoms. The van der Waals surface area contributed by atoms with Gasteiger partial charge in [-0.25, -0.2) is 4.98 Å². The third-order valence-electron chi connectivity index (χ3n) is 3.92. The minimum Gasteiger partial charge on any atom is -0.291 e. The number of hydrogen-bond donors (Lipinski definition) is 0. The van der Waals surface area contributed by atoms with Gasteiger partial charge in [0, 0.05) is 5.92 Å². The summed E-state index contributed by atoms with van der Waals surface area (Å²) in [7, 11) is 0. The molecular formula is C19H20N2O. The lowest BCUT2D eigenvalue weighted by molar-refractivity contribution is 0.634. The fourth-order valence-electron chi connectivity index (χ4n) is 2.76. The quantitative estimate of drug-likeness (QED) is 0.734. The summed E-state index contributed by atoms with van der Waals surface area (Å²) in [4.78, 5) is 17.7. The van der Waals surface area contributed by atoms with E-state index in [0.29, 0.717) is 11.9 Å². The number of nitrogens with zero attached hydrogens (tertiary/aromatic N) is 2. The van der Waals surface area contributed by atoms with Gasteiger partial charge in [-0.2, -0.15) is 0 Å². The van der Waals surface area contributed by atoms with E-state index >= 15 is 0 Å². The second-order valence-electron chi connectivity index (χ2n) is 5.97. The Morgan fingerprint density at radius 3 is 2.45 bits per heavy atom. The smallest absolute Gasteiger partial charge is 0.261 e. The Bertz CT molecular complexity index is 864. The van der Waals surface area contributed by atoms with E-state index in [2.05, 4.69) is 13.8 Å². The fourth-order valence-corrected chi connectivity index (χ4v) is 2.76. The molecule has 0 fully saturated rings. The van der Waals surface area contributed by atoms with Crippen molar-refractivity contribution in [3.05, 3.63) is 75.8 Å². The monoisotopic (exact) mass is 292 g/mol. The minimum atomic E-state index is 0.0428. The fraction of sp³-hybridized carbons (Fsp3) is 0.263. The van der Waals surface area contributed by atoms with Crippen molar-refractivity contribution >= 4 is 10.9 Å². The van der Waals surface area contributed by atoms with E-state index in [4.69, 9.17) is 4.98 Å². The first-order chi connectivity index (χ1) is 10.6. The molecule has 0 saturated heterocycles. The van der Waals surface area contributed by atoms with Crippen LogP contribution in [0.5, 0.6) is 0 Å². The van der Waals surface area contributed by atoms with Crippen LogP contribution in [0, 0.1) is 6.92 Å². The van der Waals surface area contributed by atoms with E-state index in [0.717, 1.165) is 22.5 Å². The van der Waals surface area contributed by atoms with E-state index in [9.17, 15) is 4.79 Å². The highest BCUT2D eigenvalue weighted by molar-refractivity contribution is 5.80. The predicted octanol–water partition coefficient (Wildman–Crippen LogP) is 3.88. The largest absolute Gasteiger partial charge is 0.291 e. The van der Waals surface area contributed by atoms with Crippen molar-refractivity contribution in [1.29, 1.82) is 0 Å². The average Bonchev–Trinajstić information content (AvgIpc) is 2.51. The van der Waals surface area contributed by atoms with Crippen molar-refractivity contribution in [1.82, 2.24) is 9.55 Å². The molecule has 1 aromatic heterocycles. The summed E-state index contributed by atoms with van der Waals surface area (Å²) in [5.41, 5.74) is 3.02. The summed E-state index contributed by atoms with van der Waals surface area (Å²) < 4.78 is 1.81. The van der Waals surface area contributed by atoms with Crippen LogP contribution in [0.2, 0.25) is 0 Å². The molecule has 0 unspecified atom stereocenters. The first kappa shape index (κ1) is 14.5. The number of aromatic nitrogens is 2. The minimum absolute atomic E-state index is 0.0428. The second-order valence-corrected chi connectivity index (χ2v) is 5.97. The molecule has 1 heterocycles. The SMILES string of the molecule is Cc1cccc2c(=O)n(Cc3ccccc3)c(C(C)C)nc12. The van der Waals surface area contributed by atoms with Crippen LogP contribution in [-0.4, -0.2) is 9.55 Å². The first-order valence-electron chi connectivity index (χ1n) is 7.62. The first-order valence-corrected chi connectivity index (χ1v) is 7.62. The third kappa shape index (κ3) is 2.54. The Morgan fingerprint density at radius 2 is 1.77 bits per heavy atom. The van der Waals surface area contributed by atoms with Crippen LogP contribution in [0.3, 0.4) is 0 Å². The average molecular weight is 292 g/mol. The molecule has 0 N–H and O–H groups in total. The van der Waals surface area contributed by atoms with Gasteiger partial charge in [-0.05, 0) is 24.1 Å². The number of rotatable bonds is 3. The maximum absolute atomic E-state index is 12.9. The van der Waals surface area contributed by atoms with E-state index in [1.165, 1.54) is 0 Å². The lowest BCUT2D eigenvalue weighted by atomic mass is 10.1. The van der Waals surface area contributed by atoms with Crippen molar-refractivity contribution in [2.75, 3.05) is 0 Å². The van der Waals surface area contributed by atoms with E-state index in [-0.39, 0.29) is 11.5 Å². The molecule has 112 valence electrons. The van der Waals surface area contributed by atoms with Gasteiger partial charge in [-0.3, -0.25) is 9.36 Å². The summed E-state index contributed by atoms with van der Waals surface area (Å²) in [6.45, 7) is 6.71. The van der Waals surface area contributed by atoms with Crippen molar-refractivity contribution < 1.29 is 0 Å². The summed E-state index contributed by atoms with van der Waals surface area (Å²) >= 11 is 0. The Morgan fingerprint density at radius 1 is 1.05 bits per heavy atom. The molecule has 0 aliphatic carbocycles. The number of para-hydroxylation sites is 1. The predicted molar refractivity (Wildman–Crippen MR) is 90.4 cm³/mol.